The van der Waals surface area contributed by atoms with Gasteiger partial charge in [0.25, 0.3) is 0 Å². The van der Waals surface area contributed by atoms with E-state index in [9.17, 15) is 8.42 Å². The van der Waals surface area contributed by atoms with Gasteiger partial charge in [0, 0.05) is 24.0 Å². The number of sulfonamides is 1. The van der Waals surface area contributed by atoms with Crippen molar-refractivity contribution >= 4 is 21.4 Å². The quantitative estimate of drug-likeness (QED) is 0.903. The number of piperidine rings is 1. The van der Waals surface area contributed by atoms with Crippen molar-refractivity contribution in [2.24, 2.45) is 5.92 Å². The summed E-state index contributed by atoms with van der Waals surface area (Å²) in [4.78, 5) is 1.47. The van der Waals surface area contributed by atoms with Gasteiger partial charge >= 0.3 is 0 Å². The van der Waals surface area contributed by atoms with Crippen LogP contribution in [0.1, 0.15) is 44.1 Å². The minimum Gasteiger partial charge on any atom is -0.312 e. The van der Waals surface area contributed by atoms with Gasteiger partial charge in [-0.05, 0) is 50.1 Å². The van der Waals surface area contributed by atoms with Crippen molar-refractivity contribution in [3.05, 3.63) is 15.8 Å². The maximum Gasteiger partial charge on any atom is 0.244 e. The van der Waals surface area contributed by atoms with Gasteiger partial charge in [0.15, 0.2) is 0 Å². The number of hydrogen-bond acceptors (Lipinski definition) is 4. The first-order chi connectivity index (χ1) is 9.89. The van der Waals surface area contributed by atoms with Gasteiger partial charge in [-0.15, -0.1) is 11.3 Å². The molecular formula is C15H26N2O2S2. The van der Waals surface area contributed by atoms with Crippen molar-refractivity contribution in [1.82, 2.24) is 9.62 Å². The normalized spacial score (nSPS) is 24.4. The molecule has 2 rings (SSSR count). The SMILES string of the molecule is CCNCc1scc(C)c1S(=O)(=O)N1CCCC(C)C1C. The summed E-state index contributed by atoms with van der Waals surface area (Å²) in [6, 6.07) is 0.0787. The lowest BCUT2D eigenvalue weighted by molar-refractivity contribution is 0.202. The van der Waals surface area contributed by atoms with E-state index < -0.39 is 10.0 Å². The Morgan fingerprint density at radius 1 is 1.43 bits per heavy atom. The van der Waals surface area contributed by atoms with E-state index in [-0.39, 0.29) is 6.04 Å². The highest BCUT2D eigenvalue weighted by molar-refractivity contribution is 7.89. The summed E-state index contributed by atoms with van der Waals surface area (Å²) in [6.45, 7) is 10.2. The van der Waals surface area contributed by atoms with Gasteiger partial charge < -0.3 is 5.32 Å². The minimum atomic E-state index is -3.39. The summed E-state index contributed by atoms with van der Waals surface area (Å²) in [5.74, 6) is 0.421. The fourth-order valence-corrected chi connectivity index (χ4v) is 6.45. The second-order valence-electron chi connectivity index (χ2n) is 5.93. The van der Waals surface area contributed by atoms with Crippen LogP contribution in [0.2, 0.25) is 0 Å². The van der Waals surface area contributed by atoms with Gasteiger partial charge in [-0.25, -0.2) is 8.42 Å². The highest BCUT2D eigenvalue weighted by Crippen LogP contribution is 2.34. The first-order valence-corrected chi connectivity index (χ1v) is 10.0. The molecule has 1 saturated heterocycles. The molecule has 4 nitrogen and oxygen atoms in total. The molecule has 1 aliphatic heterocycles. The van der Waals surface area contributed by atoms with Crippen LogP contribution in [0.5, 0.6) is 0 Å². The average Bonchev–Trinajstić information content (AvgIpc) is 2.81. The Hall–Kier alpha value is -0.430. The van der Waals surface area contributed by atoms with Crippen LogP contribution >= 0.6 is 11.3 Å². The first kappa shape index (κ1) is 16.9. The van der Waals surface area contributed by atoms with Crippen LogP contribution in [0.3, 0.4) is 0 Å². The van der Waals surface area contributed by atoms with Crippen LogP contribution in [0.25, 0.3) is 0 Å². The van der Waals surface area contributed by atoms with Gasteiger partial charge in [-0.3, -0.25) is 0 Å². The molecule has 0 amide bonds. The summed E-state index contributed by atoms with van der Waals surface area (Å²) in [7, 11) is -3.39. The van der Waals surface area contributed by atoms with Crippen molar-refractivity contribution in [2.45, 2.75) is 58.0 Å². The average molecular weight is 331 g/mol. The summed E-state index contributed by atoms with van der Waals surface area (Å²) in [5.41, 5.74) is 0.873. The first-order valence-electron chi connectivity index (χ1n) is 7.69. The Morgan fingerprint density at radius 3 is 2.81 bits per heavy atom. The molecular weight excluding hydrogens is 304 g/mol. The largest absolute Gasteiger partial charge is 0.312 e. The van der Waals surface area contributed by atoms with E-state index in [0.717, 1.165) is 29.8 Å². The molecule has 0 spiro atoms. The van der Waals surface area contributed by atoms with Crippen LogP contribution in [-0.2, 0) is 16.6 Å². The van der Waals surface area contributed by atoms with Gasteiger partial charge in [-0.1, -0.05) is 13.8 Å². The molecule has 2 heterocycles. The van der Waals surface area contributed by atoms with Gasteiger partial charge in [0.05, 0.1) is 0 Å². The Morgan fingerprint density at radius 2 is 2.14 bits per heavy atom. The Balaban J connectivity index is 2.37. The van der Waals surface area contributed by atoms with Crippen LogP contribution in [0, 0.1) is 12.8 Å². The van der Waals surface area contributed by atoms with Crippen LogP contribution in [0.4, 0.5) is 0 Å². The lowest BCUT2D eigenvalue weighted by Crippen LogP contribution is -2.46. The summed E-state index contributed by atoms with van der Waals surface area (Å²) < 4.78 is 27.9. The third-order valence-electron chi connectivity index (χ3n) is 4.41. The van der Waals surface area contributed by atoms with E-state index >= 15 is 0 Å². The zero-order valence-corrected chi connectivity index (χ0v) is 15.0. The van der Waals surface area contributed by atoms with E-state index in [4.69, 9.17) is 0 Å². The molecule has 2 atom stereocenters. The second kappa shape index (κ2) is 6.77. The zero-order valence-electron chi connectivity index (χ0n) is 13.3. The highest BCUT2D eigenvalue weighted by Gasteiger charge is 2.36. The maximum absolute atomic E-state index is 13.1. The van der Waals surface area contributed by atoms with Crippen molar-refractivity contribution in [2.75, 3.05) is 13.1 Å². The lowest BCUT2D eigenvalue weighted by Gasteiger charge is -2.37. The maximum atomic E-state index is 13.1. The van der Waals surface area contributed by atoms with Crippen LogP contribution < -0.4 is 5.32 Å². The van der Waals surface area contributed by atoms with Gasteiger partial charge in [0.1, 0.15) is 4.90 Å². The fraction of sp³-hybridized carbons (Fsp3) is 0.733. The number of nitrogens with zero attached hydrogens (tertiary/aromatic N) is 1. The summed E-state index contributed by atoms with van der Waals surface area (Å²) >= 11 is 1.54. The molecule has 0 aromatic carbocycles. The van der Waals surface area contributed by atoms with Gasteiger partial charge in [-0.2, -0.15) is 4.31 Å². The molecule has 1 aromatic rings. The monoisotopic (exact) mass is 330 g/mol. The molecule has 21 heavy (non-hydrogen) atoms. The number of hydrogen-bond donors (Lipinski definition) is 1. The Bertz CT molecular complexity index is 580. The second-order valence-corrected chi connectivity index (χ2v) is 8.72. The number of thiophene rings is 1. The Labute approximate surface area is 132 Å². The molecule has 1 fully saturated rings. The highest BCUT2D eigenvalue weighted by atomic mass is 32.2. The molecule has 0 aliphatic carbocycles. The van der Waals surface area contributed by atoms with Gasteiger partial charge in [0.2, 0.25) is 10.0 Å². The predicted octanol–water partition coefficient (Wildman–Crippen LogP) is 2.98. The topological polar surface area (TPSA) is 49.4 Å². The molecule has 1 aromatic heterocycles. The minimum absolute atomic E-state index is 0.0787. The molecule has 1 aliphatic rings. The van der Waals surface area contributed by atoms with E-state index in [1.165, 1.54) is 0 Å². The van der Waals surface area contributed by atoms with E-state index in [2.05, 4.69) is 12.2 Å². The van der Waals surface area contributed by atoms with E-state index in [1.807, 2.05) is 26.2 Å². The molecule has 0 radical (unpaired) electrons. The fourth-order valence-electron chi connectivity index (χ4n) is 2.95. The molecule has 0 saturated carbocycles. The number of nitrogens with one attached hydrogen (secondary N) is 1. The standard InChI is InChI=1S/C15H26N2O2S2/c1-5-16-9-14-15(12(3)10-20-14)21(18,19)17-8-6-7-11(2)13(17)4/h10-11,13,16H,5-9H2,1-4H3. The molecule has 6 heteroatoms. The molecule has 1 N–H and O–H groups in total. The molecule has 0 bridgehead atoms. The van der Waals surface area contributed by atoms with E-state index in [0.29, 0.717) is 23.9 Å². The zero-order chi connectivity index (χ0) is 15.6. The smallest absolute Gasteiger partial charge is 0.244 e. The summed E-state index contributed by atoms with van der Waals surface area (Å²) in [5, 5.41) is 5.20. The third-order valence-corrected chi connectivity index (χ3v) is 7.86. The van der Waals surface area contributed by atoms with E-state index in [1.54, 1.807) is 15.6 Å². The lowest BCUT2D eigenvalue weighted by atomic mass is 9.94. The number of aryl methyl sites for hydroxylation is 1. The predicted molar refractivity (Wildman–Crippen MR) is 88.2 cm³/mol. The number of rotatable bonds is 5. The summed E-state index contributed by atoms with van der Waals surface area (Å²) in [6.07, 6.45) is 2.07. The van der Waals surface area contributed by atoms with Crippen LogP contribution in [-0.4, -0.2) is 31.9 Å². The van der Waals surface area contributed by atoms with Crippen molar-refractivity contribution in [3.63, 3.8) is 0 Å². The van der Waals surface area contributed by atoms with Crippen molar-refractivity contribution in [3.8, 4) is 0 Å². The van der Waals surface area contributed by atoms with Crippen LogP contribution in [0.15, 0.2) is 10.3 Å². The molecule has 2 unspecified atom stereocenters. The molecule has 120 valence electrons. The Kier molecular flexibility index (Phi) is 5.46. The van der Waals surface area contributed by atoms with Crippen molar-refractivity contribution < 1.29 is 8.42 Å². The third kappa shape index (κ3) is 3.33. The van der Waals surface area contributed by atoms with Crippen molar-refractivity contribution in [1.29, 1.82) is 0 Å².